The highest BCUT2D eigenvalue weighted by Crippen LogP contribution is 2.19. The van der Waals surface area contributed by atoms with E-state index >= 15 is 0 Å². The van der Waals surface area contributed by atoms with Crippen molar-refractivity contribution in [1.29, 1.82) is 0 Å². The highest BCUT2D eigenvalue weighted by Gasteiger charge is 2.30. The molecule has 0 saturated carbocycles. The van der Waals surface area contributed by atoms with Crippen LogP contribution in [0, 0.1) is 5.92 Å². The maximum Gasteiger partial charge on any atom is 0.492 e. The van der Waals surface area contributed by atoms with Gasteiger partial charge in [0.1, 0.15) is 0 Å². The van der Waals surface area contributed by atoms with Gasteiger partial charge < -0.3 is 19.3 Å². The van der Waals surface area contributed by atoms with Crippen LogP contribution in [0.4, 0.5) is 0 Å². The molecule has 0 aliphatic carbocycles. The lowest BCUT2D eigenvalue weighted by molar-refractivity contribution is -0.127. The Morgan fingerprint density at radius 1 is 1.47 bits per heavy atom. The average molecular weight is 254 g/mol. The lowest BCUT2D eigenvalue weighted by Gasteiger charge is -2.17. The molecular formula is C8H16ClNO4Si. The molecule has 7 heteroatoms. The third kappa shape index (κ3) is 4.48. The molecule has 15 heavy (non-hydrogen) atoms. The van der Waals surface area contributed by atoms with E-state index in [9.17, 15) is 4.79 Å². The first-order chi connectivity index (χ1) is 6.92. The number of rotatable bonds is 5. The number of hydrogen-bond donors (Lipinski definition) is 3. The third-order valence-corrected chi connectivity index (χ3v) is 3.91. The SMILES string of the molecule is O=C1CC(CCl)CN1CCC[Si](O)(O)O. The van der Waals surface area contributed by atoms with Gasteiger partial charge >= 0.3 is 8.80 Å². The van der Waals surface area contributed by atoms with Crippen LogP contribution in [0.1, 0.15) is 12.8 Å². The van der Waals surface area contributed by atoms with Crippen molar-refractivity contribution >= 4 is 26.3 Å². The molecule has 0 spiro atoms. The predicted molar refractivity (Wildman–Crippen MR) is 57.2 cm³/mol. The van der Waals surface area contributed by atoms with Crippen LogP contribution in [0.25, 0.3) is 0 Å². The van der Waals surface area contributed by atoms with E-state index in [1.807, 2.05) is 0 Å². The topological polar surface area (TPSA) is 81.0 Å². The molecule has 0 aromatic rings. The molecule has 1 fully saturated rings. The fourth-order valence-electron chi connectivity index (χ4n) is 1.68. The minimum Gasteiger partial charge on any atom is -0.390 e. The van der Waals surface area contributed by atoms with Crippen molar-refractivity contribution in [3.05, 3.63) is 0 Å². The zero-order valence-electron chi connectivity index (χ0n) is 8.40. The second kappa shape index (κ2) is 5.27. The van der Waals surface area contributed by atoms with Crippen molar-refractivity contribution in [3.8, 4) is 0 Å². The van der Waals surface area contributed by atoms with Crippen molar-refractivity contribution in [2.45, 2.75) is 18.9 Å². The standard InChI is InChI=1S/C8H16ClNO4Si/c9-5-7-4-8(11)10(6-7)2-1-3-15(12,13)14/h7,12-14H,1-6H2. The highest BCUT2D eigenvalue weighted by molar-refractivity contribution is 6.56. The summed E-state index contributed by atoms with van der Waals surface area (Å²) in [7, 11) is -3.94. The lowest BCUT2D eigenvalue weighted by Crippen LogP contribution is -2.36. The largest absolute Gasteiger partial charge is 0.492 e. The van der Waals surface area contributed by atoms with Crippen molar-refractivity contribution in [2.75, 3.05) is 19.0 Å². The summed E-state index contributed by atoms with van der Waals surface area (Å²) in [4.78, 5) is 39.4. The van der Waals surface area contributed by atoms with E-state index in [1.165, 1.54) is 0 Å². The second-order valence-corrected chi connectivity index (χ2v) is 6.30. The number of hydrogen-bond acceptors (Lipinski definition) is 4. The molecule has 1 atom stereocenters. The molecule has 1 saturated heterocycles. The van der Waals surface area contributed by atoms with Crippen LogP contribution in [-0.4, -0.2) is 53.0 Å². The molecule has 1 aliphatic rings. The van der Waals surface area contributed by atoms with Crippen molar-refractivity contribution in [1.82, 2.24) is 4.90 Å². The van der Waals surface area contributed by atoms with Crippen LogP contribution in [0.3, 0.4) is 0 Å². The van der Waals surface area contributed by atoms with Gasteiger partial charge in [-0.1, -0.05) is 0 Å². The Kier molecular flexibility index (Phi) is 4.54. The summed E-state index contributed by atoms with van der Waals surface area (Å²) in [6.45, 7) is 1.10. The second-order valence-electron chi connectivity index (χ2n) is 3.94. The third-order valence-electron chi connectivity index (χ3n) is 2.45. The Labute approximate surface area is 94.6 Å². The lowest BCUT2D eigenvalue weighted by atomic mass is 10.1. The number of alkyl halides is 1. The van der Waals surface area contributed by atoms with Gasteiger partial charge in [0.25, 0.3) is 0 Å². The number of carbonyl (C=O) groups excluding carboxylic acids is 1. The predicted octanol–water partition coefficient (Wildman–Crippen LogP) is -0.620. The van der Waals surface area contributed by atoms with Gasteiger partial charge in [-0.2, -0.15) is 0 Å². The van der Waals surface area contributed by atoms with E-state index in [0.29, 0.717) is 31.8 Å². The van der Waals surface area contributed by atoms with Crippen LogP contribution in [0.2, 0.25) is 6.04 Å². The number of carbonyl (C=O) groups is 1. The highest BCUT2D eigenvalue weighted by atomic mass is 35.5. The van der Waals surface area contributed by atoms with E-state index in [4.69, 9.17) is 26.0 Å². The zero-order chi connectivity index (χ0) is 11.5. The van der Waals surface area contributed by atoms with E-state index in [0.717, 1.165) is 0 Å². The fraction of sp³-hybridized carbons (Fsp3) is 0.875. The molecule has 1 rings (SSSR count). The number of likely N-dealkylation sites (tertiary alicyclic amines) is 1. The van der Waals surface area contributed by atoms with Gasteiger partial charge in [0.2, 0.25) is 5.91 Å². The van der Waals surface area contributed by atoms with Gasteiger partial charge in [0.15, 0.2) is 0 Å². The molecule has 1 aliphatic heterocycles. The van der Waals surface area contributed by atoms with Crippen LogP contribution in [0.5, 0.6) is 0 Å². The number of amides is 1. The molecule has 3 N–H and O–H groups in total. The van der Waals surface area contributed by atoms with E-state index in [1.54, 1.807) is 4.90 Å². The number of halogens is 1. The molecule has 1 unspecified atom stereocenters. The van der Waals surface area contributed by atoms with Crippen molar-refractivity contribution < 1.29 is 19.2 Å². The molecule has 88 valence electrons. The summed E-state index contributed by atoms with van der Waals surface area (Å²) in [6.07, 6.45) is 0.889. The van der Waals surface area contributed by atoms with Crippen LogP contribution in [-0.2, 0) is 4.79 Å². The maximum atomic E-state index is 11.4. The van der Waals surface area contributed by atoms with Gasteiger partial charge in [-0.25, -0.2) is 0 Å². The van der Waals surface area contributed by atoms with Crippen molar-refractivity contribution in [3.63, 3.8) is 0 Å². The smallest absolute Gasteiger partial charge is 0.390 e. The van der Waals surface area contributed by atoms with Crippen molar-refractivity contribution in [2.24, 2.45) is 5.92 Å². The molecule has 0 bridgehead atoms. The minimum atomic E-state index is -3.94. The van der Waals surface area contributed by atoms with Gasteiger partial charge in [0.05, 0.1) is 0 Å². The van der Waals surface area contributed by atoms with Crippen LogP contribution >= 0.6 is 11.6 Å². The number of nitrogens with zero attached hydrogens (tertiary/aromatic N) is 1. The summed E-state index contributed by atoms with van der Waals surface area (Å²) in [5.41, 5.74) is 0. The quantitative estimate of drug-likeness (QED) is 0.451. The first-order valence-electron chi connectivity index (χ1n) is 4.93. The molecule has 1 amide bonds. The summed E-state index contributed by atoms with van der Waals surface area (Å²) < 4.78 is 0. The Morgan fingerprint density at radius 2 is 2.13 bits per heavy atom. The molecule has 5 nitrogen and oxygen atoms in total. The van der Waals surface area contributed by atoms with Crippen LogP contribution < -0.4 is 0 Å². The first-order valence-corrected chi connectivity index (χ1v) is 7.51. The van der Waals surface area contributed by atoms with E-state index in [-0.39, 0.29) is 17.9 Å². The molecule has 0 aromatic carbocycles. The van der Waals surface area contributed by atoms with Gasteiger partial charge in [-0.15, -0.1) is 11.6 Å². The normalized spacial score (nSPS) is 22.5. The molecule has 1 heterocycles. The summed E-state index contributed by atoms with van der Waals surface area (Å²) in [5.74, 6) is 0.737. The maximum absolute atomic E-state index is 11.4. The van der Waals surface area contributed by atoms with Gasteiger partial charge in [0, 0.05) is 31.4 Å². The Hall–Kier alpha value is -0.143. The summed E-state index contributed by atoms with van der Waals surface area (Å²) in [6, 6.07) is -0.0255. The van der Waals surface area contributed by atoms with Crippen LogP contribution in [0.15, 0.2) is 0 Å². The Morgan fingerprint density at radius 3 is 2.60 bits per heavy atom. The molecule has 0 aromatic heterocycles. The van der Waals surface area contributed by atoms with Gasteiger partial charge in [-0.3, -0.25) is 4.79 Å². The van der Waals surface area contributed by atoms with Gasteiger partial charge in [-0.05, 0) is 12.3 Å². The molecule has 0 radical (unpaired) electrons. The first kappa shape index (κ1) is 12.9. The minimum absolute atomic E-state index is 0.0255. The monoisotopic (exact) mass is 253 g/mol. The zero-order valence-corrected chi connectivity index (χ0v) is 10.2. The Balaban J connectivity index is 2.25. The van der Waals surface area contributed by atoms with E-state index < -0.39 is 8.80 Å². The summed E-state index contributed by atoms with van der Waals surface area (Å²) >= 11 is 5.65. The molecular weight excluding hydrogens is 238 g/mol. The average Bonchev–Trinajstić information content (AvgIpc) is 2.45. The summed E-state index contributed by atoms with van der Waals surface area (Å²) in [5, 5.41) is 0. The Bertz CT molecular complexity index is 233. The van der Waals surface area contributed by atoms with E-state index in [2.05, 4.69) is 0 Å². The fourth-order valence-corrected chi connectivity index (χ4v) is 2.52.